The maximum Gasteiger partial charge on any atom is 0.228 e. The smallest absolute Gasteiger partial charge is 0.228 e. The summed E-state index contributed by atoms with van der Waals surface area (Å²) in [6.45, 7) is 3.07. The fourth-order valence-electron chi connectivity index (χ4n) is 2.14. The summed E-state index contributed by atoms with van der Waals surface area (Å²) in [6.07, 6.45) is 3.41. The minimum Gasteiger partial charge on any atom is -0.345 e. The summed E-state index contributed by atoms with van der Waals surface area (Å²) in [5.74, 6) is 0.391. The molecule has 0 radical (unpaired) electrons. The fraction of sp³-hybridized carbons (Fsp3) is 0.500. The molecule has 1 aromatic carbocycles. The van der Waals surface area contributed by atoms with Crippen LogP contribution in [-0.4, -0.2) is 24.4 Å². The Labute approximate surface area is 97.3 Å². The van der Waals surface area contributed by atoms with Gasteiger partial charge in [0.2, 0.25) is 5.91 Å². The molecule has 2 nitrogen and oxygen atoms in total. The third-order valence-electron chi connectivity index (χ3n) is 3.52. The van der Waals surface area contributed by atoms with Crippen LogP contribution in [0.15, 0.2) is 30.3 Å². The Morgan fingerprint density at radius 1 is 1.12 bits per heavy atom. The highest BCUT2D eigenvalue weighted by Gasteiger charge is 2.54. The van der Waals surface area contributed by atoms with Crippen LogP contribution in [-0.2, 0) is 4.79 Å². The van der Waals surface area contributed by atoms with Crippen LogP contribution < -0.4 is 0 Å². The molecule has 2 fully saturated rings. The summed E-state index contributed by atoms with van der Waals surface area (Å²) in [5.41, 5.74) is 1.48. The van der Waals surface area contributed by atoms with Crippen molar-refractivity contribution in [1.82, 2.24) is 4.90 Å². The minimum absolute atomic E-state index is 0.161. The lowest BCUT2D eigenvalue weighted by Gasteiger charge is -2.06. The van der Waals surface area contributed by atoms with E-state index in [9.17, 15) is 4.79 Å². The van der Waals surface area contributed by atoms with Crippen LogP contribution in [0.3, 0.4) is 0 Å². The van der Waals surface area contributed by atoms with Crippen LogP contribution in [0.1, 0.15) is 24.8 Å². The second kappa shape index (κ2) is 4.28. The van der Waals surface area contributed by atoms with Gasteiger partial charge in [0.15, 0.2) is 0 Å². The third-order valence-corrected chi connectivity index (χ3v) is 3.52. The molecular weight excluding hydrogens is 198 g/mol. The van der Waals surface area contributed by atoms with Crippen molar-refractivity contribution in [3.63, 3.8) is 0 Å². The molecule has 1 aliphatic carbocycles. The Kier molecular flexibility index (Phi) is 2.99. The van der Waals surface area contributed by atoms with Crippen molar-refractivity contribution in [3.8, 4) is 0 Å². The SMILES string of the molecule is CN1CCC2(CC2)C1=O.Cc1ccccc1. The van der Waals surface area contributed by atoms with Gasteiger partial charge in [-0.1, -0.05) is 35.9 Å². The van der Waals surface area contributed by atoms with E-state index in [-0.39, 0.29) is 5.41 Å². The number of likely N-dealkylation sites (tertiary alicyclic amines) is 1. The Hall–Kier alpha value is -1.31. The molecule has 1 saturated heterocycles. The molecule has 0 atom stereocenters. The van der Waals surface area contributed by atoms with Gasteiger partial charge in [-0.2, -0.15) is 0 Å². The standard InChI is InChI=1S/C7H11NO.C7H8/c1-8-5-4-7(2-3-7)6(8)9;1-7-5-3-2-4-6-7/h2-5H2,1H3;2-6H,1H3. The van der Waals surface area contributed by atoms with Gasteiger partial charge in [-0.3, -0.25) is 4.79 Å². The monoisotopic (exact) mass is 217 g/mol. The molecule has 1 saturated carbocycles. The molecule has 1 amide bonds. The van der Waals surface area contributed by atoms with Gasteiger partial charge in [-0.05, 0) is 26.2 Å². The first-order valence-corrected chi connectivity index (χ1v) is 5.91. The van der Waals surface area contributed by atoms with Crippen LogP contribution in [0, 0.1) is 12.3 Å². The van der Waals surface area contributed by atoms with E-state index >= 15 is 0 Å². The molecule has 86 valence electrons. The van der Waals surface area contributed by atoms with Gasteiger partial charge in [0.1, 0.15) is 0 Å². The summed E-state index contributed by atoms with van der Waals surface area (Å²) in [7, 11) is 1.90. The van der Waals surface area contributed by atoms with Crippen LogP contribution in [0.2, 0.25) is 0 Å². The van der Waals surface area contributed by atoms with Gasteiger partial charge in [0.25, 0.3) is 0 Å². The highest BCUT2D eigenvalue weighted by atomic mass is 16.2. The summed E-state index contributed by atoms with van der Waals surface area (Å²) >= 11 is 0. The van der Waals surface area contributed by atoms with Crippen molar-refractivity contribution in [2.45, 2.75) is 26.2 Å². The molecule has 0 aromatic heterocycles. The number of rotatable bonds is 0. The number of carbonyl (C=O) groups excluding carboxylic acids is 1. The first-order chi connectivity index (χ1) is 7.64. The van der Waals surface area contributed by atoms with Gasteiger partial charge >= 0.3 is 0 Å². The second-order valence-electron chi connectivity index (χ2n) is 4.91. The summed E-state index contributed by atoms with van der Waals surface area (Å²) in [6, 6.07) is 10.3. The normalized spacial score (nSPS) is 20.6. The van der Waals surface area contributed by atoms with E-state index in [4.69, 9.17) is 0 Å². The molecule has 16 heavy (non-hydrogen) atoms. The third kappa shape index (κ3) is 2.26. The average molecular weight is 217 g/mol. The van der Waals surface area contributed by atoms with Gasteiger partial charge in [0, 0.05) is 13.6 Å². The minimum atomic E-state index is 0.161. The van der Waals surface area contributed by atoms with E-state index in [0.717, 1.165) is 25.8 Å². The molecule has 1 spiro atoms. The number of carbonyl (C=O) groups is 1. The summed E-state index contributed by atoms with van der Waals surface area (Å²) in [4.78, 5) is 13.1. The van der Waals surface area contributed by atoms with Crippen molar-refractivity contribution in [3.05, 3.63) is 35.9 Å². The predicted molar refractivity (Wildman–Crippen MR) is 65.1 cm³/mol. The quantitative estimate of drug-likeness (QED) is 0.654. The van der Waals surface area contributed by atoms with Crippen LogP contribution in [0.4, 0.5) is 0 Å². The number of nitrogens with zero attached hydrogens (tertiary/aromatic N) is 1. The summed E-state index contributed by atoms with van der Waals surface area (Å²) in [5, 5.41) is 0. The number of amides is 1. The topological polar surface area (TPSA) is 20.3 Å². The fourth-order valence-corrected chi connectivity index (χ4v) is 2.14. The van der Waals surface area contributed by atoms with E-state index < -0.39 is 0 Å². The Morgan fingerprint density at radius 3 is 2.00 bits per heavy atom. The largest absolute Gasteiger partial charge is 0.345 e. The van der Waals surface area contributed by atoms with Crippen molar-refractivity contribution in [2.75, 3.05) is 13.6 Å². The van der Waals surface area contributed by atoms with E-state index in [1.807, 2.05) is 30.1 Å². The van der Waals surface area contributed by atoms with Crippen molar-refractivity contribution >= 4 is 5.91 Å². The highest BCUT2D eigenvalue weighted by Crippen LogP contribution is 2.53. The predicted octanol–water partition coefficient (Wildman–Crippen LogP) is 2.62. The molecular formula is C14H19NO. The van der Waals surface area contributed by atoms with E-state index in [2.05, 4.69) is 19.1 Å². The molecule has 0 N–H and O–H groups in total. The van der Waals surface area contributed by atoms with Crippen molar-refractivity contribution in [2.24, 2.45) is 5.41 Å². The molecule has 3 rings (SSSR count). The maximum absolute atomic E-state index is 11.2. The van der Waals surface area contributed by atoms with Gasteiger partial charge < -0.3 is 4.90 Å². The second-order valence-corrected chi connectivity index (χ2v) is 4.91. The van der Waals surface area contributed by atoms with Crippen molar-refractivity contribution in [1.29, 1.82) is 0 Å². The lowest BCUT2D eigenvalue weighted by atomic mass is 10.1. The van der Waals surface area contributed by atoms with E-state index in [0.29, 0.717) is 5.91 Å². The first-order valence-electron chi connectivity index (χ1n) is 5.91. The Balaban J connectivity index is 0.000000125. The van der Waals surface area contributed by atoms with E-state index in [1.54, 1.807) is 0 Å². The van der Waals surface area contributed by atoms with Gasteiger partial charge in [0.05, 0.1) is 5.41 Å². The average Bonchev–Trinajstić information content (AvgIpc) is 3.02. The van der Waals surface area contributed by atoms with Gasteiger partial charge in [-0.15, -0.1) is 0 Å². The van der Waals surface area contributed by atoms with Crippen LogP contribution >= 0.6 is 0 Å². The number of hydrogen-bond donors (Lipinski definition) is 0. The molecule has 2 heteroatoms. The van der Waals surface area contributed by atoms with Crippen LogP contribution in [0.5, 0.6) is 0 Å². The summed E-state index contributed by atoms with van der Waals surface area (Å²) < 4.78 is 0. The highest BCUT2D eigenvalue weighted by molar-refractivity contribution is 5.87. The Morgan fingerprint density at radius 2 is 1.75 bits per heavy atom. The molecule has 0 unspecified atom stereocenters. The zero-order chi connectivity index (χ0) is 11.6. The maximum atomic E-state index is 11.2. The first kappa shape index (κ1) is 11.2. The number of aryl methyl sites for hydroxylation is 1. The molecule has 2 aliphatic rings. The lowest BCUT2D eigenvalue weighted by Crippen LogP contribution is -2.22. The van der Waals surface area contributed by atoms with Crippen LogP contribution in [0.25, 0.3) is 0 Å². The molecule has 1 heterocycles. The lowest BCUT2D eigenvalue weighted by molar-refractivity contribution is -0.130. The van der Waals surface area contributed by atoms with Crippen molar-refractivity contribution < 1.29 is 4.79 Å². The zero-order valence-electron chi connectivity index (χ0n) is 10.1. The van der Waals surface area contributed by atoms with E-state index in [1.165, 1.54) is 5.56 Å². The molecule has 0 bridgehead atoms. The molecule has 1 aliphatic heterocycles. The van der Waals surface area contributed by atoms with Gasteiger partial charge in [-0.25, -0.2) is 0 Å². The number of hydrogen-bond acceptors (Lipinski definition) is 1. The molecule has 1 aromatic rings. The number of benzene rings is 1. The Bertz CT molecular complexity index is 368. The zero-order valence-corrected chi connectivity index (χ0v) is 10.1.